The van der Waals surface area contributed by atoms with Gasteiger partial charge in [0.15, 0.2) is 0 Å². The van der Waals surface area contributed by atoms with Crippen LogP contribution in [0, 0.1) is 5.92 Å². The SMILES string of the molecule is CCCCCCCC(CCl)Cc1cccc(Cl)c1. The number of unbranched alkanes of at least 4 members (excludes halogenated alkanes) is 4. The molecule has 0 N–H and O–H groups in total. The third-order valence-corrected chi connectivity index (χ3v) is 4.02. The topological polar surface area (TPSA) is 0 Å². The van der Waals surface area contributed by atoms with Crippen LogP contribution in [0.5, 0.6) is 0 Å². The minimum atomic E-state index is 0.590. The van der Waals surface area contributed by atoms with Crippen molar-refractivity contribution in [1.29, 1.82) is 0 Å². The first kappa shape index (κ1) is 15.9. The molecule has 1 unspecified atom stereocenters. The van der Waals surface area contributed by atoms with Crippen molar-refractivity contribution < 1.29 is 0 Å². The molecule has 1 aromatic rings. The van der Waals surface area contributed by atoms with Crippen molar-refractivity contribution in [3.8, 4) is 0 Å². The Morgan fingerprint density at radius 1 is 1.11 bits per heavy atom. The smallest absolute Gasteiger partial charge is 0.0408 e. The molecule has 0 aliphatic carbocycles. The number of halogens is 2. The van der Waals surface area contributed by atoms with Crippen molar-refractivity contribution in [2.45, 2.75) is 51.9 Å². The van der Waals surface area contributed by atoms with Gasteiger partial charge in [-0.1, -0.05) is 62.8 Å². The predicted octanol–water partition coefficient (Wildman–Crippen LogP) is 6.10. The molecule has 0 aromatic heterocycles. The van der Waals surface area contributed by atoms with Crippen molar-refractivity contribution in [2.75, 3.05) is 5.88 Å². The highest BCUT2D eigenvalue weighted by atomic mass is 35.5. The van der Waals surface area contributed by atoms with Crippen LogP contribution in [-0.2, 0) is 6.42 Å². The number of benzene rings is 1. The van der Waals surface area contributed by atoms with E-state index in [0.29, 0.717) is 5.92 Å². The summed E-state index contributed by atoms with van der Waals surface area (Å²) in [4.78, 5) is 0. The maximum Gasteiger partial charge on any atom is 0.0408 e. The summed E-state index contributed by atoms with van der Waals surface area (Å²) in [6.45, 7) is 2.25. The van der Waals surface area contributed by atoms with Gasteiger partial charge >= 0.3 is 0 Å². The van der Waals surface area contributed by atoms with Crippen LogP contribution in [0.4, 0.5) is 0 Å². The van der Waals surface area contributed by atoms with Gasteiger partial charge in [0.25, 0.3) is 0 Å². The Bertz CT molecular complexity index is 323. The summed E-state index contributed by atoms with van der Waals surface area (Å²) in [6, 6.07) is 8.14. The maximum absolute atomic E-state index is 6.06. The van der Waals surface area contributed by atoms with Crippen molar-refractivity contribution >= 4 is 23.2 Å². The lowest BCUT2D eigenvalue weighted by Gasteiger charge is -2.14. The minimum Gasteiger partial charge on any atom is -0.126 e. The monoisotopic (exact) mass is 286 g/mol. The van der Waals surface area contributed by atoms with Gasteiger partial charge in [-0.3, -0.25) is 0 Å². The number of hydrogen-bond acceptors (Lipinski definition) is 0. The Morgan fingerprint density at radius 3 is 2.56 bits per heavy atom. The molecule has 0 nitrogen and oxygen atoms in total. The highest BCUT2D eigenvalue weighted by Crippen LogP contribution is 2.20. The lowest BCUT2D eigenvalue weighted by molar-refractivity contribution is 0.488. The van der Waals surface area contributed by atoms with E-state index in [1.54, 1.807) is 0 Å². The summed E-state index contributed by atoms with van der Waals surface area (Å²) >= 11 is 12.1. The van der Waals surface area contributed by atoms with E-state index >= 15 is 0 Å². The number of rotatable bonds is 9. The summed E-state index contributed by atoms with van der Waals surface area (Å²) in [5.74, 6) is 1.34. The summed E-state index contributed by atoms with van der Waals surface area (Å²) in [6.07, 6.45) is 8.97. The van der Waals surface area contributed by atoms with Gasteiger partial charge in [0.1, 0.15) is 0 Å². The van der Waals surface area contributed by atoms with E-state index in [1.807, 2.05) is 12.1 Å². The molecule has 0 fully saturated rings. The fraction of sp³-hybridized carbons (Fsp3) is 0.625. The molecule has 0 bridgehead atoms. The van der Waals surface area contributed by atoms with Gasteiger partial charge in [-0.25, -0.2) is 0 Å². The maximum atomic E-state index is 6.06. The molecule has 1 rings (SSSR count). The van der Waals surface area contributed by atoms with Crippen molar-refractivity contribution in [2.24, 2.45) is 5.92 Å². The van der Waals surface area contributed by atoms with Gasteiger partial charge < -0.3 is 0 Å². The van der Waals surface area contributed by atoms with Crippen molar-refractivity contribution in [3.63, 3.8) is 0 Å². The molecular formula is C16H24Cl2. The van der Waals surface area contributed by atoms with Crippen LogP contribution < -0.4 is 0 Å². The molecule has 0 aliphatic heterocycles. The third kappa shape index (κ3) is 6.66. The van der Waals surface area contributed by atoms with Gasteiger partial charge in [0.05, 0.1) is 0 Å². The van der Waals surface area contributed by atoms with E-state index in [9.17, 15) is 0 Å². The van der Waals surface area contributed by atoms with Crippen molar-refractivity contribution in [1.82, 2.24) is 0 Å². The Labute approximate surface area is 122 Å². The molecule has 0 aliphatic rings. The first-order valence-electron chi connectivity index (χ1n) is 7.06. The molecule has 0 saturated carbocycles. The zero-order valence-electron chi connectivity index (χ0n) is 11.3. The Morgan fingerprint density at radius 2 is 1.89 bits per heavy atom. The Kier molecular flexibility index (Phi) is 8.54. The lowest BCUT2D eigenvalue weighted by Crippen LogP contribution is -2.06. The van der Waals surface area contributed by atoms with Crippen LogP contribution in [0.2, 0.25) is 5.02 Å². The second-order valence-corrected chi connectivity index (χ2v) is 5.80. The molecule has 1 aromatic carbocycles. The molecular weight excluding hydrogens is 263 g/mol. The molecule has 0 radical (unpaired) electrons. The molecule has 0 heterocycles. The van der Waals surface area contributed by atoms with E-state index in [4.69, 9.17) is 23.2 Å². The summed E-state index contributed by atoms with van der Waals surface area (Å²) in [5.41, 5.74) is 1.31. The normalized spacial score (nSPS) is 12.6. The zero-order valence-corrected chi connectivity index (χ0v) is 12.8. The highest BCUT2D eigenvalue weighted by molar-refractivity contribution is 6.30. The molecule has 2 heteroatoms. The average Bonchev–Trinajstić information content (AvgIpc) is 2.37. The molecule has 0 spiro atoms. The fourth-order valence-electron chi connectivity index (χ4n) is 2.27. The molecule has 1 atom stereocenters. The van der Waals surface area contributed by atoms with E-state index in [0.717, 1.165) is 17.3 Å². The third-order valence-electron chi connectivity index (χ3n) is 3.35. The second kappa shape index (κ2) is 9.69. The van der Waals surface area contributed by atoms with Crippen molar-refractivity contribution in [3.05, 3.63) is 34.9 Å². The van der Waals surface area contributed by atoms with Gasteiger partial charge in [0.2, 0.25) is 0 Å². The first-order chi connectivity index (χ1) is 8.76. The van der Waals surface area contributed by atoms with E-state index in [2.05, 4.69) is 19.1 Å². The van der Waals surface area contributed by atoms with Gasteiger partial charge in [-0.15, -0.1) is 11.6 Å². The second-order valence-electron chi connectivity index (χ2n) is 5.06. The van der Waals surface area contributed by atoms with E-state index in [-0.39, 0.29) is 0 Å². The minimum absolute atomic E-state index is 0.590. The Balaban J connectivity index is 2.28. The largest absolute Gasteiger partial charge is 0.126 e. The summed E-state index contributed by atoms with van der Waals surface area (Å²) in [7, 11) is 0. The van der Waals surface area contributed by atoms with E-state index < -0.39 is 0 Å². The molecule has 0 saturated heterocycles. The molecule has 102 valence electrons. The van der Waals surface area contributed by atoms with Gasteiger partial charge in [0, 0.05) is 10.9 Å². The zero-order chi connectivity index (χ0) is 13.2. The summed E-state index contributed by atoms with van der Waals surface area (Å²) in [5, 5.41) is 0.823. The predicted molar refractivity (Wildman–Crippen MR) is 82.7 cm³/mol. The van der Waals surface area contributed by atoms with Crippen LogP contribution in [0.1, 0.15) is 51.0 Å². The van der Waals surface area contributed by atoms with Crippen LogP contribution in [0.25, 0.3) is 0 Å². The lowest BCUT2D eigenvalue weighted by atomic mass is 9.95. The average molecular weight is 287 g/mol. The van der Waals surface area contributed by atoms with Gasteiger partial charge in [-0.2, -0.15) is 0 Å². The Hall–Kier alpha value is -0.200. The van der Waals surface area contributed by atoms with Crippen LogP contribution >= 0.6 is 23.2 Å². The van der Waals surface area contributed by atoms with E-state index in [1.165, 1.54) is 44.1 Å². The molecule has 18 heavy (non-hydrogen) atoms. The van der Waals surface area contributed by atoms with Crippen LogP contribution in [0.15, 0.2) is 24.3 Å². The fourth-order valence-corrected chi connectivity index (χ4v) is 2.74. The molecule has 0 amide bonds. The first-order valence-corrected chi connectivity index (χ1v) is 7.98. The van der Waals surface area contributed by atoms with Crippen LogP contribution in [0.3, 0.4) is 0 Å². The number of hydrogen-bond donors (Lipinski definition) is 0. The summed E-state index contributed by atoms with van der Waals surface area (Å²) < 4.78 is 0. The van der Waals surface area contributed by atoms with Crippen LogP contribution in [-0.4, -0.2) is 5.88 Å². The highest BCUT2D eigenvalue weighted by Gasteiger charge is 2.08. The standard InChI is InChI=1S/C16H24Cl2/c1-2-3-4-5-6-8-15(13-17)11-14-9-7-10-16(18)12-14/h7,9-10,12,15H,2-6,8,11,13H2,1H3. The quantitative estimate of drug-likeness (QED) is 0.380. The van der Waals surface area contributed by atoms with Gasteiger partial charge in [-0.05, 0) is 36.5 Å². The number of alkyl halides is 1.